The van der Waals surface area contributed by atoms with Gasteiger partial charge in [-0.05, 0) is 50.4 Å². The third-order valence-electron chi connectivity index (χ3n) is 5.83. The van der Waals surface area contributed by atoms with Crippen molar-refractivity contribution in [3.8, 4) is 16.9 Å². The molecular weight excluding hydrogens is 346 g/mol. The van der Waals surface area contributed by atoms with E-state index in [-0.39, 0.29) is 0 Å². The number of piperidine rings is 1. The van der Waals surface area contributed by atoms with Crippen molar-refractivity contribution >= 4 is 0 Å². The van der Waals surface area contributed by atoms with Crippen LogP contribution in [0.4, 0.5) is 0 Å². The molecule has 0 bridgehead atoms. The van der Waals surface area contributed by atoms with Gasteiger partial charge in [-0.15, -0.1) is 0 Å². The second-order valence-corrected chi connectivity index (χ2v) is 7.73. The number of hydrogen-bond donors (Lipinski definition) is 0. The van der Waals surface area contributed by atoms with Crippen LogP contribution in [0.5, 0.6) is 5.75 Å². The Hall–Kier alpha value is -1.84. The maximum atomic E-state index is 6.28. The lowest BCUT2D eigenvalue weighted by atomic mass is 9.95. The number of hydrogen-bond acceptors (Lipinski definition) is 3. The predicted octanol–water partition coefficient (Wildman–Crippen LogP) is 5.79. The summed E-state index contributed by atoms with van der Waals surface area (Å²) in [5, 5.41) is 0. The van der Waals surface area contributed by atoms with Crippen molar-refractivity contribution in [3.63, 3.8) is 0 Å². The van der Waals surface area contributed by atoms with Gasteiger partial charge in [-0.1, -0.05) is 68.3 Å². The Morgan fingerprint density at radius 1 is 1.00 bits per heavy atom. The molecule has 1 fully saturated rings. The molecule has 0 saturated carbocycles. The van der Waals surface area contributed by atoms with E-state index in [1.165, 1.54) is 44.3 Å². The number of ether oxygens (including phenoxy) is 2. The first-order chi connectivity index (χ1) is 13.8. The van der Waals surface area contributed by atoms with E-state index in [1.807, 2.05) is 13.2 Å². The molecule has 0 N–H and O–H groups in total. The van der Waals surface area contributed by atoms with E-state index in [9.17, 15) is 0 Å². The van der Waals surface area contributed by atoms with Crippen LogP contribution in [-0.2, 0) is 4.74 Å². The minimum Gasteiger partial charge on any atom is -0.493 e. The third kappa shape index (κ3) is 5.59. The molecule has 0 radical (unpaired) electrons. The summed E-state index contributed by atoms with van der Waals surface area (Å²) in [4.78, 5) is 2.64. The lowest BCUT2D eigenvalue weighted by Gasteiger charge is -2.40. The van der Waals surface area contributed by atoms with Gasteiger partial charge < -0.3 is 9.47 Å². The fourth-order valence-electron chi connectivity index (χ4n) is 4.31. The molecule has 3 heteroatoms. The van der Waals surface area contributed by atoms with Crippen LogP contribution in [0.15, 0.2) is 54.6 Å². The highest BCUT2D eigenvalue weighted by molar-refractivity contribution is 5.70. The lowest BCUT2D eigenvalue weighted by Crippen LogP contribution is -2.49. The Morgan fingerprint density at radius 2 is 1.79 bits per heavy atom. The molecular formula is C25H35NO2. The highest BCUT2D eigenvalue weighted by Crippen LogP contribution is 2.30. The summed E-state index contributed by atoms with van der Waals surface area (Å²) in [5.41, 5.74) is 2.36. The van der Waals surface area contributed by atoms with Gasteiger partial charge in [0.25, 0.3) is 0 Å². The second-order valence-electron chi connectivity index (χ2n) is 7.73. The molecule has 0 aliphatic carbocycles. The van der Waals surface area contributed by atoms with Crippen molar-refractivity contribution < 1.29 is 9.47 Å². The zero-order valence-corrected chi connectivity index (χ0v) is 17.5. The van der Waals surface area contributed by atoms with Crippen LogP contribution in [-0.4, -0.2) is 43.9 Å². The molecule has 2 aromatic carbocycles. The molecule has 1 aliphatic heterocycles. The van der Waals surface area contributed by atoms with Crippen molar-refractivity contribution in [2.45, 2.75) is 57.6 Å². The normalized spacial score (nSPS) is 20.2. The van der Waals surface area contributed by atoms with Crippen LogP contribution in [0.2, 0.25) is 0 Å². The molecule has 2 aromatic rings. The monoisotopic (exact) mass is 381 g/mol. The quantitative estimate of drug-likeness (QED) is 0.486. The van der Waals surface area contributed by atoms with E-state index in [0.29, 0.717) is 12.1 Å². The number of likely N-dealkylation sites (tertiary alicyclic amines) is 1. The van der Waals surface area contributed by atoms with Gasteiger partial charge in [-0.2, -0.15) is 0 Å². The topological polar surface area (TPSA) is 21.7 Å². The summed E-state index contributed by atoms with van der Waals surface area (Å²) in [7, 11) is 1.86. The van der Waals surface area contributed by atoms with Gasteiger partial charge in [-0.25, -0.2) is 0 Å². The summed E-state index contributed by atoms with van der Waals surface area (Å²) in [5.74, 6) is 0.969. The minimum atomic E-state index is 0.323. The fourth-order valence-corrected chi connectivity index (χ4v) is 4.31. The molecule has 1 unspecified atom stereocenters. The molecule has 0 amide bonds. The van der Waals surface area contributed by atoms with Crippen LogP contribution >= 0.6 is 0 Å². The maximum Gasteiger partial charge on any atom is 0.127 e. The zero-order chi connectivity index (χ0) is 19.6. The summed E-state index contributed by atoms with van der Waals surface area (Å²) in [6, 6.07) is 19.3. The van der Waals surface area contributed by atoms with E-state index in [0.717, 1.165) is 30.8 Å². The number of para-hydroxylation sites is 1. The van der Waals surface area contributed by atoms with E-state index < -0.39 is 0 Å². The van der Waals surface area contributed by atoms with Crippen molar-refractivity contribution in [1.29, 1.82) is 0 Å². The average molecular weight is 382 g/mol. The highest BCUT2D eigenvalue weighted by atomic mass is 16.5. The second kappa shape index (κ2) is 11.2. The number of methoxy groups -OCH3 is 1. The third-order valence-corrected chi connectivity index (χ3v) is 5.83. The first-order valence-electron chi connectivity index (χ1n) is 10.9. The van der Waals surface area contributed by atoms with Gasteiger partial charge in [0.2, 0.25) is 0 Å². The summed E-state index contributed by atoms with van der Waals surface area (Å²) in [6.07, 6.45) is 7.58. The summed E-state index contributed by atoms with van der Waals surface area (Å²) < 4.78 is 12.1. The minimum absolute atomic E-state index is 0.323. The highest BCUT2D eigenvalue weighted by Gasteiger charge is 2.30. The molecule has 1 heterocycles. The first kappa shape index (κ1) is 20.9. The fraction of sp³-hybridized carbons (Fsp3) is 0.520. The van der Waals surface area contributed by atoms with E-state index in [2.05, 4.69) is 60.4 Å². The van der Waals surface area contributed by atoms with Gasteiger partial charge >= 0.3 is 0 Å². The standard InChI is InChI=1S/C25H35NO2/c1-3-4-10-18-26-19-11-16-25(27-2)23(26)17-20-28-24-15-9-8-14-22(24)21-12-6-5-7-13-21/h5-9,12-15,23,25H,3-4,10-11,16-20H2,1-2H3/t23?,25-/m0/s1. The van der Waals surface area contributed by atoms with Crippen LogP contribution in [0.3, 0.4) is 0 Å². The summed E-state index contributed by atoms with van der Waals surface area (Å²) >= 11 is 0. The molecule has 0 spiro atoms. The smallest absolute Gasteiger partial charge is 0.127 e. The SMILES string of the molecule is CCCCCN1CCC[C@H](OC)C1CCOc1ccccc1-c1ccccc1. The van der Waals surface area contributed by atoms with Gasteiger partial charge in [0.15, 0.2) is 0 Å². The van der Waals surface area contributed by atoms with E-state index in [4.69, 9.17) is 9.47 Å². The van der Waals surface area contributed by atoms with Crippen LogP contribution < -0.4 is 4.74 Å². The number of nitrogens with zero attached hydrogens (tertiary/aromatic N) is 1. The number of benzene rings is 2. The molecule has 1 saturated heterocycles. The van der Waals surface area contributed by atoms with E-state index in [1.54, 1.807) is 0 Å². The van der Waals surface area contributed by atoms with Crippen molar-refractivity contribution in [3.05, 3.63) is 54.6 Å². The molecule has 3 rings (SSSR count). The molecule has 0 aromatic heterocycles. The molecule has 1 aliphatic rings. The Labute approximate surface area is 170 Å². The number of unbranched alkanes of at least 4 members (excludes halogenated alkanes) is 2. The van der Waals surface area contributed by atoms with Gasteiger partial charge in [-0.3, -0.25) is 4.90 Å². The van der Waals surface area contributed by atoms with Crippen LogP contribution in [0.1, 0.15) is 45.4 Å². The lowest BCUT2D eigenvalue weighted by molar-refractivity contribution is -0.0264. The Bertz CT molecular complexity index is 688. The maximum absolute atomic E-state index is 6.28. The van der Waals surface area contributed by atoms with Crippen LogP contribution in [0.25, 0.3) is 11.1 Å². The Balaban J connectivity index is 1.62. The Kier molecular flexibility index (Phi) is 8.38. The molecule has 28 heavy (non-hydrogen) atoms. The Morgan fingerprint density at radius 3 is 2.57 bits per heavy atom. The largest absolute Gasteiger partial charge is 0.493 e. The van der Waals surface area contributed by atoms with Crippen molar-refractivity contribution in [2.75, 3.05) is 26.8 Å². The van der Waals surface area contributed by atoms with Gasteiger partial charge in [0, 0.05) is 18.7 Å². The number of rotatable bonds is 10. The first-order valence-corrected chi connectivity index (χ1v) is 10.9. The van der Waals surface area contributed by atoms with Gasteiger partial charge in [0.1, 0.15) is 5.75 Å². The van der Waals surface area contributed by atoms with Crippen molar-refractivity contribution in [2.24, 2.45) is 0 Å². The average Bonchev–Trinajstić information content (AvgIpc) is 2.75. The molecule has 152 valence electrons. The summed E-state index contributed by atoms with van der Waals surface area (Å²) in [6.45, 7) is 5.36. The van der Waals surface area contributed by atoms with Crippen molar-refractivity contribution in [1.82, 2.24) is 4.90 Å². The van der Waals surface area contributed by atoms with Crippen LogP contribution in [0, 0.1) is 0 Å². The zero-order valence-electron chi connectivity index (χ0n) is 17.5. The van der Waals surface area contributed by atoms with Gasteiger partial charge in [0.05, 0.1) is 12.7 Å². The predicted molar refractivity (Wildman–Crippen MR) is 117 cm³/mol. The van der Waals surface area contributed by atoms with E-state index >= 15 is 0 Å². The molecule has 2 atom stereocenters. The molecule has 3 nitrogen and oxygen atoms in total.